The molecule has 7 heteroatoms. The van der Waals surface area contributed by atoms with Gasteiger partial charge >= 0.3 is 6.03 Å². The summed E-state index contributed by atoms with van der Waals surface area (Å²) in [5.41, 5.74) is 0.440. The Balaban J connectivity index is 1.83. The first kappa shape index (κ1) is 16.7. The summed E-state index contributed by atoms with van der Waals surface area (Å²) in [5.74, 6) is 2.14. The third-order valence-corrected chi connectivity index (χ3v) is 5.05. The Morgan fingerprint density at radius 2 is 1.95 bits per heavy atom. The zero-order chi connectivity index (χ0) is 15.2. The van der Waals surface area contributed by atoms with Gasteiger partial charge in [-0.05, 0) is 36.5 Å². The van der Waals surface area contributed by atoms with E-state index in [1.54, 1.807) is 18.2 Å². The van der Waals surface area contributed by atoms with Crippen LogP contribution in [-0.2, 0) is 0 Å². The van der Waals surface area contributed by atoms with Crippen LogP contribution in [0.4, 0.5) is 4.79 Å². The topological polar surface area (TPSA) is 61.4 Å². The fourth-order valence-corrected chi connectivity index (χ4v) is 3.95. The average molecular weight is 349 g/mol. The number of aliphatic hydroxyl groups is 1. The molecule has 1 saturated heterocycles. The number of nitrogens with one attached hydrogen (secondary N) is 2. The largest absolute Gasteiger partial charge is 0.386 e. The van der Waals surface area contributed by atoms with E-state index in [2.05, 4.69) is 10.6 Å². The van der Waals surface area contributed by atoms with E-state index in [9.17, 15) is 9.90 Å². The molecule has 1 aromatic rings. The first-order chi connectivity index (χ1) is 10.1. The molecule has 1 aliphatic rings. The average Bonchev–Trinajstić information content (AvgIpc) is 2.46. The summed E-state index contributed by atoms with van der Waals surface area (Å²) in [5, 5.41) is 16.5. The molecular weight excluding hydrogens is 331 g/mol. The number of rotatable bonds is 4. The Hall–Kier alpha value is -0.620. The Morgan fingerprint density at radius 1 is 1.33 bits per heavy atom. The standard InChI is InChI=1S/C14H18Cl2N2O2S/c15-10-2-1-3-11(16)13(10)12(19)8-17-14(20)18-9-4-6-21-7-5-9/h1-3,9,12,19H,4-8H2,(H2,17,18,20)/t12-/m0/s1. The second kappa shape index (κ2) is 8.13. The van der Waals surface area contributed by atoms with Crippen molar-refractivity contribution < 1.29 is 9.90 Å². The zero-order valence-electron chi connectivity index (χ0n) is 11.4. The number of carbonyl (C=O) groups excluding carboxylic acids is 1. The van der Waals surface area contributed by atoms with Gasteiger partial charge in [0.05, 0.1) is 6.10 Å². The van der Waals surface area contributed by atoms with Crippen molar-refractivity contribution in [2.24, 2.45) is 0 Å². The highest BCUT2D eigenvalue weighted by Gasteiger charge is 2.18. The van der Waals surface area contributed by atoms with E-state index < -0.39 is 6.10 Å². The van der Waals surface area contributed by atoms with Gasteiger partial charge in [-0.1, -0.05) is 29.3 Å². The van der Waals surface area contributed by atoms with E-state index >= 15 is 0 Å². The number of benzene rings is 1. The molecule has 0 spiro atoms. The second-order valence-electron chi connectivity index (χ2n) is 4.89. The van der Waals surface area contributed by atoms with Crippen molar-refractivity contribution in [3.8, 4) is 0 Å². The lowest BCUT2D eigenvalue weighted by Gasteiger charge is -2.23. The molecule has 0 bridgehead atoms. The maximum Gasteiger partial charge on any atom is 0.315 e. The van der Waals surface area contributed by atoms with Crippen LogP contribution in [0.15, 0.2) is 18.2 Å². The van der Waals surface area contributed by atoms with Crippen LogP contribution in [0.2, 0.25) is 10.0 Å². The SMILES string of the molecule is O=C(NC[C@H](O)c1c(Cl)cccc1Cl)NC1CCSCC1. The van der Waals surface area contributed by atoms with Gasteiger partial charge in [0.1, 0.15) is 0 Å². The molecule has 2 amide bonds. The van der Waals surface area contributed by atoms with Crippen molar-refractivity contribution >= 4 is 41.0 Å². The zero-order valence-corrected chi connectivity index (χ0v) is 13.8. The van der Waals surface area contributed by atoms with Crippen LogP contribution >= 0.6 is 35.0 Å². The quantitative estimate of drug-likeness (QED) is 0.782. The summed E-state index contributed by atoms with van der Waals surface area (Å²) in [6.07, 6.45) is 1.03. The van der Waals surface area contributed by atoms with E-state index in [0.717, 1.165) is 24.3 Å². The van der Waals surface area contributed by atoms with Crippen LogP contribution < -0.4 is 10.6 Å². The van der Waals surface area contributed by atoms with Crippen LogP contribution in [0.25, 0.3) is 0 Å². The molecule has 1 fully saturated rings. The Morgan fingerprint density at radius 3 is 2.57 bits per heavy atom. The van der Waals surface area contributed by atoms with Crippen molar-refractivity contribution in [1.82, 2.24) is 10.6 Å². The highest BCUT2D eigenvalue weighted by Crippen LogP contribution is 2.29. The van der Waals surface area contributed by atoms with Crippen molar-refractivity contribution in [3.63, 3.8) is 0 Å². The van der Waals surface area contributed by atoms with Crippen molar-refractivity contribution in [3.05, 3.63) is 33.8 Å². The van der Waals surface area contributed by atoms with Crippen molar-refractivity contribution in [1.29, 1.82) is 0 Å². The molecule has 1 atom stereocenters. The van der Waals surface area contributed by atoms with Gasteiger partial charge in [-0.15, -0.1) is 0 Å². The third-order valence-electron chi connectivity index (χ3n) is 3.35. The minimum absolute atomic E-state index is 0.0662. The Kier molecular flexibility index (Phi) is 6.48. The second-order valence-corrected chi connectivity index (χ2v) is 6.93. The molecule has 2 rings (SSSR count). The smallest absolute Gasteiger partial charge is 0.315 e. The number of halogens is 2. The van der Waals surface area contributed by atoms with Gasteiger partial charge in [0, 0.05) is 28.2 Å². The van der Waals surface area contributed by atoms with E-state index in [4.69, 9.17) is 23.2 Å². The number of hydrogen-bond donors (Lipinski definition) is 3. The van der Waals surface area contributed by atoms with Gasteiger partial charge in [-0.2, -0.15) is 11.8 Å². The highest BCUT2D eigenvalue weighted by molar-refractivity contribution is 7.99. The molecule has 0 radical (unpaired) electrons. The molecule has 3 N–H and O–H groups in total. The molecule has 0 saturated carbocycles. The summed E-state index contributed by atoms with van der Waals surface area (Å²) in [6.45, 7) is 0.0662. The number of amides is 2. The van der Waals surface area contributed by atoms with E-state index in [0.29, 0.717) is 15.6 Å². The lowest BCUT2D eigenvalue weighted by molar-refractivity contribution is 0.172. The first-order valence-corrected chi connectivity index (χ1v) is 8.73. The molecule has 116 valence electrons. The van der Waals surface area contributed by atoms with Gasteiger partial charge in [0.15, 0.2) is 0 Å². The predicted molar refractivity (Wildman–Crippen MR) is 88.3 cm³/mol. The number of thioether (sulfide) groups is 1. The molecule has 4 nitrogen and oxygen atoms in total. The van der Waals surface area contributed by atoms with Crippen molar-refractivity contribution in [2.45, 2.75) is 25.0 Å². The van der Waals surface area contributed by atoms with Crippen molar-refractivity contribution in [2.75, 3.05) is 18.1 Å². The highest BCUT2D eigenvalue weighted by atomic mass is 35.5. The lowest BCUT2D eigenvalue weighted by Crippen LogP contribution is -2.44. The minimum Gasteiger partial charge on any atom is -0.386 e. The maximum atomic E-state index is 11.8. The number of urea groups is 1. The first-order valence-electron chi connectivity index (χ1n) is 6.82. The lowest BCUT2D eigenvalue weighted by atomic mass is 10.1. The van der Waals surface area contributed by atoms with Gasteiger partial charge in [-0.3, -0.25) is 0 Å². The maximum absolute atomic E-state index is 11.8. The van der Waals surface area contributed by atoms with Gasteiger partial charge in [0.2, 0.25) is 0 Å². The molecule has 0 aromatic heterocycles. The normalized spacial score (nSPS) is 17.3. The summed E-state index contributed by atoms with van der Waals surface area (Å²) in [7, 11) is 0. The Bertz CT molecular complexity index is 476. The molecular formula is C14H18Cl2N2O2S. The summed E-state index contributed by atoms with van der Waals surface area (Å²) in [6, 6.07) is 4.97. The number of hydrogen-bond acceptors (Lipinski definition) is 3. The molecule has 1 heterocycles. The molecule has 0 unspecified atom stereocenters. The predicted octanol–water partition coefficient (Wildman–Crippen LogP) is 3.22. The number of aliphatic hydroxyl groups excluding tert-OH is 1. The van der Waals surface area contributed by atoms with Gasteiger partial charge < -0.3 is 15.7 Å². The van der Waals surface area contributed by atoms with Crippen LogP contribution in [0.1, 0.15) is 24.5 Å². The third kappa shape index (κ3) is 4.95. The van der Waals surface area contributed by atoms with Crippen LogP contribution in [0.5, 0.6) is 0 Å². The minimum atomic E-state index is -0.932. The monoisotopic (exact) mass is 348 g/mol. The summed E-state index contributed by atoms with van der Waals surface area (Å²) < 4.78 is 0. The molecule has 1 aliphatic heterocycles. The number of carbonyl (C=O) groups is 1. The van der Waals surface area contributed by atoms with E-state index in [-0.39, 0.29) is 18.6 Å². The van der Waals surface area contributed by atoms with Crippen LogP contribution in [0, 0.1) is 0 Å². The molecule has 0 aliphatic carbocycles. The van der Waals surface area contributed by atoms with Crippen LogP contribution in [0.3, 0.4) is 0 Å². The van der Waals surface area contributed by atoms with E-state index in [1.165, 1.54) is 0 Å². The van der Waals surface area contributed by atoms with E-state index in [1.807, 2.05) is 11.8 Å². The Labute approximate surface area is 138 Å². The fourth-order valence-electron chi connectivity index (χ4n) is 2.20. The fraction of sp³-hybridized carbons (Fsp3) is 0.500. The summed E-state index contributed by atoms with van der Waals surface area (Å²) in [4.78, 5) is 11.8. The van der Waals surface area contributed by atoms with Gasteiger partial charge in [-0.25, -0.2) is 4.79 Å². The molecule has 21 heavy (non-hydrogen) atoms. The molecule has 1 aromatic carbocycles. The summed E-state index contributed by atoms with van der Waals surface area (Å²) >= 11 is 13.9. The van der Waals surface area contributed by atoms with Crippen LogP contribution in [-0.4, -0.2) is 35.2 Å². The van der Waals surface area contributed by atoms with Gasteiger partial charge in [0.25, 0.3) is 0 Å².